The molecular weight excluding hydrogens is 266 g/mol. The average Bonchev–Trinajstić information content (AvgIpc) is 2.92. The largest absolute Gasteiger partial charge is 0.380 e. The van der Waals surface area contributed by atoms with Gasteiger partial charge in [-0.25, -0.2) is 0 Å². The molecule has 0 spiro atoms. The van der Waals surface area contributed by atoms with Crippen molar-refractivity contribution in [2.75, 3.05) is 19.8 Å². The first-order chi connectivity index (χ1) is 9.75. The van der Waals surface area contributed by atoms with Crippen molar-refractivity contribution in [3.05, 3.63) is 46.7 Å². The van der Waals surface area contributed by atoms with Gasteiger partial charge in [-0.2, -0.15) is 0 Å². The molecule has 2 aromatic rings. The summed E-state index contributed by atoms with van der Waals surface area (Å²) >= 11 is 1.81. The summed E-state index contributed by atoms with van der Waals surface area (Å²) in [7, 11) is 0. The topological polar surface area (TPSA) is 21.3 Å². The highest BCUT2D eigenvalue weighted by molar-refractivity contribution is 7.10. The Labute approximate surface area is 125 Å². The van der Waals surface area contributed by atoms with Gasteiger partial charge in [-0.05, 0) is 28.5 Å². The summed E-state index contributed by atoms with van der Waals surface area (Å²) < 4.78 is 5.55. The molecule has 0 amide bonds. The van der Waals surface area contributed by atoms with E-state index in [1.807, 2.05) is 11.3 Å². The Kier molecular flexibility index (Phi) is 6.25. The van der Waals surface area contributed by atoms with E-state index in [2.05, 4.69) is 60.9 Å². The van der Waals surface area contributed by atoms with Gasteiger partial charge in [-0.1, -0.05) is 44.2 Å². The van der Waals surface area contributed by atoms with E-state index in [1.165, 1.54) is 16.0 Å². The van der Waals surface area contributed by atoms with Crippen molar-refractivity contribution < 1.29 is 4.74 Å². The Balaban J connectivity index is 1.71. The van der Waals surface area contributed by atoms with E-state index in [4.69, 9.17) is 4.74 Å². The van der Waals surface area contributed by atoms with Crippen molar-refractivity contribution in [1.82, 2.24) is 5.32 Å². The van der Waals surface area contributed by atoms with Crippen LogP contribution in [-0.4, -0.2) is 19.8 Å². The van der Waals surface area contributed by atoms with Crippen LogP contribution in [0.5, 0.6) is 0 Å². The maximum absolute atomic E-state index is 5.55. The second-order valence-electron chi connectivity index (χ2n) is 5.31. The minimum Gasteiger partial charge on any atom is -0.380 e. The summed E-state index contributed by atoms with van der Waals surface area (Å²) in [5, 5.41) is 5.65. The van der Waals surface area contributed by atoms with E-state index >= 15 is 0 Å². The van der Waals surface area contributed by atoms with Crippen molar-refractivity contribution >= 4 is 11.3 Å². The van der Waals surface area contributed by atoms with E-state index in [1.54, 1.807) is 0 Å². The highest BCUT2D eigenvalue weighted by atomic mass is 32.1. The Hall–Kier alpha value is -1.16. The number of rotatable bonds is 8. The molecule has 20 heavy (non-hydrogen) atoms. The maximum Gasteiger partial charge on any atom is 0.0591 e. The zero-order chi connectivity index (χ0) is 14.2. The normalized spacial score (nSPS) is 11.2. The van der Waals surface area contributed by atoms with Crippen LogP contribution < -0.4 is 5.32 Å². The maximum atomic E-state index is 5.55. The predicted molar refractivity (Wildman–Crippen MR) is 87.1 cm³/mol. The fraction of sp³-hybridized carbons (Fsp3) is 0.412. The van der Waals surface area contributed by atoms with Gasteiger partial charge in [0.2, 0.25) is 0 Å². The van der Waals surface area contributed by atoms with Gasteiger partial charge in [0.15, 0.2) is 0 Å². The lowest BCUT2D eigenvalue weighted by Gasteiger charge is -2.07. The monoisotopic (exact) mass is 289 g/mol. The molecule has 0 radical (unpaired) electrons. The van der Waals surface area contributed by atoms with Gasteiger partial charge in [0.25, 0.3) is 0 Å². The number of nitrogens with one attached hydrogen (secondary N) is 1. The zero-order valence-electron chi connectivity index (χ0n) is 12.3. The molecule has 0 atom stereocenters. The Bertz CT molecular complexity index is 493. The summed E-state index contributed by atoms with van der Waals surface area (Å²) in [4.78, 5) is 1.37. The van der Waals surface area contributed by atoms with Crippen LogP contribution in [0, 0.1) is 5.92 Å². The molecule has 1 aromatic heterocycles. The molecule has 1 heterocycles. The summed E-state index contributed by atoms with van der Waals surface area (Å²) in [5.74, 6) is 0.612. The summed E-state index contributed by atoms with van der Waals surface area (Å²) in [6.45, 7) is 7.80. The quantitative estimate of drug-likeness (QED) is 0.736. The first-order valence-corrected chi connectivity index (χ1v) is 8.05. The Morgan fingerprint density at radius 3 is 2.70 bits per heavy atom. The SMILES string of the molecule is CC(C)COCCNCc1cc(-c2ccccc2)cs1. The highest BCUT2D eigenvalue weighted by Gasteiger charge is 2.01. The van der Waals surface area contributed by atoms with Gasteiger partial charge in [-0.15, -0.1) is 11.3 Å². The van der Waals surface area contributed by atoms with Crippen molar-refractivity contribution in [3.63, 3.8) is 0 Å². The van der Waals surface area contributed by atoms with Crippen molar-refractivity contribution in [2.45, 2.75) is 20.4 Å². The number of benzene rings is 1. The first-order valence-electron chi connectivity index (χ1n) is 7.17. The van der Waals surface area contributed by atoms with E-state index in [-0.39, 0.29) is 0 Å². The fourth-order valence-corrected chi connectivity index (χ4v) is 2.79. The van der Waals surface area contributed by atoms with Gasteiger partial charge in [0, 0.05) is 24.6 Å². The molecule has 0 fully saturated rings. The molecule has 0 bridgehead atoms. The molecule has 0 unspecified atom stereocenters. The summed E-state index contributed by atoms with van der Waals surface area (Å²) in [6, 6.07) is 12.8. The standard InChI is InChI=1S/C17H23NOS/c1-14(2)12-19-9-8-18-11-17-10-16(13-20-17)15-6-4-3-5-7-15/h3-7,10,13-14,18H,8-9,11-12H2,1-2H3. The van der Waals surface area contributed by atoms with Gasteiger partial charge in [0.05, 0.1) is 6.61 Å². The van der Waals surface area contributed by atoms with Crippen LogP contribution in [-0.2, 0) is 11.3 Å². The molecule has 3 heteroatoms. The third-order valence-corrected chi connectivity index (χ3v) is 3.87. The Morgan fingerprint density at radius 2 is 1.95 bits per heavy atom. The van der Waals surface area contributed by atoms with E-state index in [0.29, 0.717) is 5.92 Å². The van der Waals surface area contributed by atoms with Crippen LogP contribution in [0.25, 0.3) is 11.1 Å². The third kappa shape index (κ3) is 5.08. The van der Waals surface area contributed by atoms with Crippen molar-refractivity contribution in [1.29, 1.82) is 0 Å². The molecular formula is C17H23NOS. The lowest BCUT2D eigenvalue weighted by Crippen LogP contribution is -2.19. The first kappa shape index (κ1) is 15.2. The number of thiophene rings is 1. The fourth-order valence-electron chi connectivity index (χ4n) is 1.93. The summed E-state index contributed by atoms with van der Waals surface area (Å²) in [6.07, 6.45) is 0. The molecule has 0 aliphatic carbocycles. The van der Waals surface area contributed by atoms with Crippen molar-refractivity contribution in [2.24, 2.45) is 5.92 Å². The highest BCUT2D eigenvalue weighted by Crippen LogP contribution is 2.25. The lowest BCUT2D eigenvalue weighted by atomic mass is 10.1. The second-order valence-corrected chi connectivity index (χ2v) is 6.31. The molecule has 0 saturated carbocycles. The molecule has 0 aliphatic rings. The molecule has 108 valence electrons. The van der Waals surface area contributed by atoms with Gasteiger partial charge < -0.3 is 10.1 Å². The molecule has 0 aliphatic heterocycles. The Morgan fingerprint density at radius 1 is 1.15 bits per heavy atom. The van der Waals surface area contributed by atoms with Crippen LogP contribution in [0.15, 0.2) is 41.8 Å². The predicted octanol–water partition coefficient (Wildman–Crippen LogP) is 4.18. The number of ether oxygens (including phenoxy) is 1. The van der Waals surface area contributed by atoms with Crippen molar-refractivity contribution in [3.8, 4) is 11.1 Å². The molecule has 2 nitrogen and oxygen atoms in total. The number of hydrogen-bond acceptors (Lipinski definition) is 3. The number of hydrogen-bond donors (Lipinski definition) is 1. The molecule has 1 aromatic carbocycles. The molecule has 2 rings (SSSR count). The van der Waals surface area contributed by atoms with Crippen LogP contribution in [0.1, 0.15) is 18.7 Å². The van der Waals surface area contributed by atoms with Gasteiger partial charge in [0.1, 0.15) is 0 Å². The van der Waals surface area contributed by atoms with Gasteiger partial charge in [-0.3, -0.25) is 0 Å². The lowest BCUT2D eigenvalue weighted by molar-refractivity contribution is 0.111. The third-order valence-electron chi connectivity index (χ3n) is 2.93. The molecule has 0 saturated heterocycles. The van der Waals surface area contributed by atoms with Gasteiger partial charge >= 0.3 is 0 Å². The summed E-state index contributed by atoms with van der Waals surface area (Å²) in [5.41, 5.74) is 2.60. The van der Waals surface area contributed by atoms with Crippen LogP contribution in [0.4, 0.5) is 0 Å². The molecule has 1 N–H and O–H groups in total. The van der Waals surface area contributed by atoms with Crippen LogP contribution in [0.2, 0.25) is 0 Å². The van der Waals surface area contributed by atoms with Crippen LogP contribution >= 0.6 is 11.3 Å². The van der Waals surface area contributed by atoms with E-state index in [0.717, 1.165) is 26.3 Å². The van der Waals surface area contributed by atoms with E-state index < -0.39 is 0 Å². The zero-order valence-corrected chi connectivity index (χ0v) is 13.1. The smallest absolute Gasteiger partial charge is 0.0591 e. The minimum atomic E-state index is 0.612. The van der Waals surface area contributed by atoms with Crippen LogP contribution in [0.3, 0.4) is 0 Å². The minimum absolute atomic E-state index is 0.612. The van der Waals surface area contributed by atoms with E-state index in [9.17, 15) is 0 Å². The average molecular weight is 289 g/mol. The second kappa shape index (κ2) is 8.20.